The highest BCUT2D eigenvalue weighted by Crippen LogP contribution is 2.47. The van der Waals surface area contributed by atoms with Gasteiger partial charge in [0.05, 0.1) is 23.0 Å². The average molecular weight is 552 g/mol. The summed E-state index contributed by atoms with van der Waals surface area (Å²) in [5.74, 6) is 1.67. The lowest BCUT2D eigenvalue weighted by molar-refractivity contribution is 0.0606. The molecule has 0 bridgehead atoms. The van der Waals surface area contributed by atoms with E-state index in [0.29, 0.717) is 24.0 Å². The zero-order valence-electron chi connectivity index (χ0n) is 22.7. The Morgan fingerprint density at radius 3 is 2.20 bits per heavy atom. The summed E-state index contributed by atoms with van der Waals surface area (Å²) in [6.07, 6.45) is 6.00. The number of thiophene rings is 1. The average Bonchev–Trinajstić information content (AvgIpc) is 3.58. The zero-order chi connectivity index (χ0) is 27.3. The topological polar surface area (TPSA) is 60.6 Å². The SMILES string of the molecule is COC(=O)c1cc2[nH]c(-c3ccc(OCc4ccccc4)cc3OCc3ccccc3)c(C3CCCCC3)c2s1. The first kappa shape index (κ1) is 26.2. The van der Waals surface area contributed by atoms with Gasteiger partial charge in [0, 0.05) is 11.6 Å². The van der Waals surface area contributed by atoms with Crippen LogP contribution in [0.25, 0.3) is 21.5 Å². The molecular formula is C34H33NO4S. The fourth-order valence-corrected chi connectivity index (χ4v) is 6.75. The second kappa shape index (κ2) is 12.0. The van der Waals surface area contributed by atoms with Gasteiger partial charge in [-0.05, 0) is 53.6 Å². The highest BCUT2D eigenvalue weighted by molar-refractivity contribution is 7.21. The normalized spacial score (nSPS) is 13.8. The van der Waals surface area contributed by atoms with Gasteiger partial charge in [-0.1, -0.05) is 79.9 Å². The lowest BCUT2D eigenvalue weighted by Crippen LogP contribution is -2.06. The van der Waals surface area contributed by atoms with Crippen LogP contribution in [0.5, 0.6) is 11.5 Å². The predicted octanol–water partition coefficient (Wildman–Crippen LogP) is 8.89. The number of ether oxygens (including phenoxy) is 3. The molecule has 0 radical (unpaired) electrons. The molecule has 1 aliphatic rings. The molecule has 0 saturated heterocycles. The minimum atomic E-state index is -0.294. The second-order valence-electron chi connectivity index (χ2n) is 10.3. The Morgan fingerprint density at radius 2 is 1.52 bits per heavy atom. The third-order valence-electron chi connectivity index (χ3n) is 7.61. The summed E-state index contributed by atoms with van der Waals surface area (Å²) in [7, 11) is 1.43. The second-order valence-corrected chi connectivity index (χ2v) is 11.4. The molecule has 6 heteroatoms. The van der Waals surface area contributed by atoms with Crippen LogP contribution in [0.4, 0.5) is 0 Å². The van der Waals surface area contributed by atoms with Gasteiger partial charge in [-0.3, -0.25) is 0 Å². The number of rotatable bonds is 9. The number of hydrogen-bond donors (Lipinski definition) is 1. The van der Waals surface area contributed by atoms with Crippen LogP contribution < -0.4 is 9.47 Å². The van der Waals surface area contributed by atoms with Crippen molar-refractivity contribution in [1.29, 1.82) is 0 Å². The minimum absolute atomic E-state index is 0.294. The first-order valence-electron chi connectivity index (χ1n) is 13.9. The van der Waals surface area contributed by atoms with Crippen LogP contribution in [0.3, 0.4) is 0 Å². The summed E-state index contributed by atoms with van der Waals surface area (Å²) in [4.78, 5) is 16.6. The van der Waals surface area contributed by atoms with E-state index in [1.54, 1.807) is 0 Å². The Bertz CT molecular complexity index is 1580. The highest BCUT2D eigenvalue weighted by Gasteiger charge is 2.27. The summed E-state index contributed by atoms with van der Waals surface area (Å²) < 4.78 is 18.8. The lowest BCUT2D eigenvalue weighted by atomic mass is 9.83. The van der Waals surface area contributed by atoms with E-state index in [0.717, 1.165) is 56.9 Å². The maximum Gasteiger partial charge on any atom is 0.348 e. The van der Waals surface area contributed by atoms with Gasteiger partial charge in [0.2, 0.25) is 0 Å². The van der Waals surface area contributed by atoms with Crippen molar-refractivity contribution in [3.8, 4) is 22.8 Å². The number of esters is 1. The van der Waals surface area contributed by atoms with E-state index in [1.165, 1.54) is 43.3 Å². The largest absolute Gasteiger partial charge is 0.489 e. The number of carbonyl (C=O) groups excluding carboxylic acids is 1. The molecular weight excluding hydrogens is 518 g/mol. The van der Waals surface area contributed by atoms with Crippen molar-refractivity contribution in [3.05, 3.63) is 106 Å². The van der Waals surface area contributed by atoms with Crippen molar-refractivity contribution in [2.75, 3.05) is 7.11 Å². The van der Waals surface area contributed by atoms with Crippen LogP contribution in [0.2, 0.25) is 0 Å². The van der Waals surface area contributed by atoms with Crippen LogP contribution in [0, 0.1) is 0 Å². The number of hydrogen-bond acceptors (Lipinski definition) is 5. The van der Waals surface area contributed by atoms with Gasteiger partial charge in [-0.25, -0.2) is 4.79 Å². The molecule has 204 valence electrons. The summed E-state index contributed by atoms with van der Waals surface area (Å²) in [6, 6.07) is 28.4. The van der Waals surface area contributed by atoms with E-state index < -0.39 is 0 Å². The lowest BCUT2D eigenvalue weighted by Gasteiger charge is -2.23. The molecule has 40 heavy (non-hydrogen) atoms. The molecule has 1 saturated carbocycles. The highest BCUT2D eigenvalue weighted by atomic mass is 32.1. The van der Waals surface area contributed by atoms with E-state index in [9.17, 15) is 4.79 Å². The number of methoxy groups -OCH3 is 1. The van der Waals surface area contributed by atoms with Crippen molar-refractivity contribution in [3.63, 3.8) is 0 Å². The van der Waals surface area contributed by atoms with Crippen molar-refractivity contribution >= 4 is 27.5 Å². The fourth-order valence-electron chi connectivity index (χ4n) is 5.59. The third kappa shape index (κ3) is 5.63. The molecule has 1 N–H and O–H groups in total. The van der Waals surface area contributed by atoms with Gasteiger partial charge in [0.1, 0.15) is 29.6 Å². The summed E-state index contributed by atoms with van der Waals surface area (Å²) >= 11 is 1.52. The number of nitrogens with one attached hydrogen (secondary N) is 1. The van der Waals surface area contributed by atoms with Crippen molar-refractivity contribution in [1.82, 2.24) is 4.98 Å². The predicted molar refractivity (Wildman–Crippen MR) is 160 cm³/mol. The van der Waals surface area contributed by atoms with E-state index in [-0.39, 0.29) is 5.97 Å². The molecule has 0 spiro atoms. The van der Waals surface area contributed by atoms with Crippen LogP contribution in [0.1, 0.15) is 64.4 Å². The molecule has 2 heterocycles. The smallest absolute Gasteiger partial charge is 0.348 e. The molecule has 0 aliphatic heterocycles. The standard InChI is InChI=1S/C34H33NO4S/c1-37-34(36)30-20-28-33(40-30)31(25-15-9-4-10-16-25)32(35-28)27-18-17-26(38-21-23-11-5-2-6-12-23)19-29(27)39-22-24-13-7-3-8-14-24/h2-3,5-8,11-14,17-20,25,35H,4,9-10,15-16,21-22H2,1H3. The molecule has 0 atom stereocenters. The van der Waals surface area contributed by atoms with E-state index >= 15 is 0 Å². The number of fused-ring (bicyclic) bond motifs is 1. The zero-order valence-corrected chi connectivity index (χ0v) is 23.5. The number of carbonyl (C=O) groups is 1. The molecule has 3 aromatic carbocycles. The van der Waals surface area contributed by atoms with Gasteiger partial charge < -0.3 is 19.2 Å². The molecule has 5 aromatic rings. The van der Waals surface area contributed by atoms with Crippen molar-refractivity contribution < 1.29 is 19.0 Å². The summed E-state index contributed by atoms with van der Waals surface area (Å²) in [5.41, 5.74) is 6.56. The Morgan fingerprint density at radius 1 is 0.850 bits per heavy atom. The molecule has 1 aliphatic carbocycles. The maximum atomic E-state index is 12.3. The Labute approximate surface area is 238 Å². The molecule has 6 rings (SSSR count). The summed E-state index contributed by atoms with van der Waals surface area (Å²) in [5, 5.41) is 0. The quantitative estimate of drug-likeness (QED) is 0.186. The third-order valence-corrected chi connectivity index (χ3v) is 8.76. The maximum absolute atomic E-state index is 12.3. The van der Waals surface area contributed by atoms with Crippen molar-refractivity contribution in [2.45, 2.75) is 51.2 Å². The number of aromatic amines is 1. The van der Waals surface area contributed by atoms with E-state index in [1.807, 2.05) is 54.6 Å². The van der Waals surface area contributed by atoms with Gasteiger partial charge in [0.25, 0.3) is 0 Å². The van der Waals surface area contributed by atoms with Crippen molar-refractivity contribution in [2.24, 2.45) is 0 Å². The van der Waals surface area contributed by atoms with Gasteiger partial charge in [0.15, 0.2) is 0 Å². The monoisotopic (exact) mass is 551 g/mol. The van der Waals surface area contributed by atoms with Crippen LogP contribution in [-0.4, -0.2) is 18.1 Å². The molecule has 0 amide bonds. The van der Waals surface area contributed by atoms with Crippen LogP contribution >= 0.6 is 11.3 Å². The van der Waals surface area contributed by atoms with Gasteiger partial charge in [-0.2, -0.15) is 0 Å². The first-order chi connectivity index (χ1) is 19.7. The Hall–Kier alpha value is -4.03. The first-order valence-corrected chi connectivity index (χ1v) is 14.7. The number of aromatic nitrogens is 1. The Kier molecular flexibility index (Phi) is 7.87. The fraction of sp³-hybridized carbons (Fsp3) is 0.265. The molecule has 0 unspecified atom stereocenters. The van der Waals surface area contributed by atoms with Crippen LogP contribution in [-0.2, 0) is 18.0 Å². The minimum Gasteiger partial charge on any atom is -0.489 e. The van der Waals surface area contributed by atoms with Crippen LogP contribution in [0.15, 0.2) is 84.9 Å². The summed E-state index contributed by atoms with van der Waals surface area (Å²) in [6.45, 7) is 0.941. The van der Waals surface area contributed by atoms with Gasteiger partial charge in [-0.15, -0.1) is 11.3 Å². The molecule has 2 aromatic heterocycles. The molecule has 5 nitrogen and oxygen atoms in total. The Balaban J connectivity index is 1.40. The van der Waals surface area contributed by atoms with E-state index in [2.05, 4.69) is 35.3 Å². The van der Waals surface area contributed by atoms with Gasteiger partial charge >= 0.3 is 5.97 Å². The van der Waals surface area contributed by atoms with E-state index in [4.69, 9.17) is 14.2 Å². The molecule has 1 fully saturated rings. The number of H-pyrrole nitrogens is 1. The number of benzene rings is 3.